The number of nitrogens with zero attached hydrogens (tertiary/aromatic N) is 3. The third kappa shape index (κ3) is 4.59. The number of benzene rings is 2. The molecule has 0 spiro atoms. The van der Waals surface area contributed by atoms with Crippen molar-refractivity contribution in [2.75, 3.05) is 4.90 Å². The first-order valence-corrected chi connectivity index (χ1v) is 12.8. The lowest BCUT2D eigenvalue weighted by Gasteiger charge is -2.28. The van der Waals surface area contributed by atoms with E-state index in [1.54, 1.807) is 0 Å². The summed E-state index contributed by atoms with van der Waals surface area (Å²) >= 11 is 12.1. The monoisotopic (exact) mass is 516 g/mol. The molecule has 1 saturated heterocycles. The molecule has 4 aromatic rings. The molecule has 2 atom stereocenters. The number of thiocarbonyl (C=S) groups is 1. The maximum atomic E-state index is 6.16. The largest absolute Gasteiger partial charge is 0.491 e. The average molecular weight is 517 g/mol. The Morgan fingerprint density at radius 3 is 2.31 bits per heavy atom. The number of hydrogen-bond donors (Lipinski definition) is 1. The number of halogens is 1. The summed E-state index contributed by atoms with van der Waals surface area (Å²) in [5.41, 5.74) is 6.50. The topological polar surface area (TPSA) is 42.3 Å². The second-order valence-electron chi connectivity index (χ2n) is 9.30. The van der Waals surface area contributed by atoms with Crippen molar-refractivity contribution in [2.24, 2.45) is 0 Å². The van der Waals surface area contributed by atoms with Crippen LogP contribution in [0, 0.1) is 13.8 Å². The zero-order valence-corrected chi connectivity index (χ0v) is 22.3. The summed E-state index contributed by atoms with van der Waals surface area (Å²) in [6, 6.07) is 24.1. The van der Waals surface area contributed by atoms with Crippen LogP contribution in [0.1, 0.15) is 48.6 Å². The quantitative estimate of drug-likeness (QED) is 0.277. The fourth-order valence-electron chi connectivity index (χ4n) is 4.98. The molecule has 1 aliphatic heterocycles. The van der Waals surface area contributed by atoms with E-state index in [-0.39, 0.29) is 18.2 Å². The smallest absolute Gasteiger partial charge is 0.174 e. The van der Waals surface area contributed by atoms with E-state index in [9.17, 15) is 0 Å². The Bertz CT molecular complexity index is 1370. The molecular formula is C29H29ClN4OS. The molecule has 5 nitrogen and oxygen atoms in total. The van der Waals surface area contributed by atoms with Crippen molar-refractivity contribution in [1.82, 2.24) is 14.9 Å². The first-order valence-electron chi connectivity index (χ1n) is 12.1. The van der Waals surface area contributed by atoms with Crippen LogP contribution in [0.25, 0.3) is 5.69 Å². The summed E-state index contributed by atoms with van der Waals surface area (Å²) in [5, 5.41) is 4.95. The Hall–Kier alpha value is -3.35. The summed E-state index contributed by atoms with van der Waals surface area (Å²) in [5.74, 6) is 0.838. The van der Waals surface area contributed by atoms with Crippen molar-refractivity contribution in [1.29, 1.82) is 0 Å². The van der Waals surface area contributed by atoms with Gasteiger partial charge in [-0.25, -0.2) is 0 Å². The molecule has 1 N–H and O–H groups in total. The van der Waals surface area contributed by atoms with Crippen molar-refractivity contribution >= 4 is 34.6 Å². The Morgan fingerprint density at radius 1 is 0.972 bits per heavy atom. The van der Waals surface area contributed by atoms with Gasteiger partial charge in [-0.05, 0) is 112 Å². The van der Waals surface area contributed by atoms with Gasteiger partial charge in [0.15, 0.2) is 5.11 Å². The predicted molar refractivity (Wildman–Crippen MR) is 150 cm³/mol. The first kappa shape index (κ1) is 24.3. The molecule has 0 amide bonds. The minimum absolute atomic E-state index is 0.0866. The lowest BCUT2D eigenvalue weighted by atomic mass is 9.96. The second-order valence-corrected chi connectivity index (χ2v) is 10.1. The normalized spacial score (nSPS) is 17.5. The fourth-order valence-corrected chi connectivity index (χ4v) is 5.45. The summed E-state index contributed by atoms with van der Waals surface area (Å²) in [4.78, 5) is 6.88. The Balaban J connectivity index is 1.62. The van der Waals surface area contributed by atoms with Crippen molar-refractivity contribution in [3.8, 4) is 11.4 Å². The van der Waals surface area contributed by atoms with E-state index in [1.165, 1.54) is 5.56 Å². The van der Waals surface area contributed by atoms with E-state index < -0.39 is 0 Å². The molecule has 36 heavy (non-hydrogen) atoms. The van der Waals surface area contributed by atoms with Crippen molar-refractivity contribution in [3.63, 3.8) is 0 Å². The van der Waals surface area contributed by atoms with E-state index >= 15 is 0 Å². The van der Waals surface area contributed by atoms with Crippen LogP contribution in [0.4, 0.5) is 5.69 Å². The van der Waals surface area contributed by atoms with Gasteiger partial charge in [-0.15, -0.1) is 0 Å². The lowest BCUT2D eigenvalue weighted by molar-refractivity contribution is 0.242. The van der Waals surface area contributed by atoms with Gasteiger partial charge in [0.05, 0.1) is 23.9 Å². The van der Waals surface area contributed by atoms with E-state index in [0.717, 1.165) is 39.2 Å². The van der Waals surface area contributed by atoms with Gasteiger partial charge < -0.3 is 19.5 Å². The highest BCUT2D eigenvalue weighted by Crippen LogP contribution is 2.44. The van der Waals surface area contributed by atoms with Crippen LogP contribution in [0.5, 0.6) is 5.75 Å². The second kappa shape index (κ2) is 9.96. The van der Waals surface area contributed by atoms with Crippen LogP contribution in [0.3, 0.4) is 0 Å². The number of aromatic nitrogens is 2. The number of anilines is 1. The van der Waals surface area contributed by atoms with Gasteiger partial charge in [0.2, 0.25) is 0 Å². The van der Waals surface area contributed by atoms with Crippen LogP contribution in [-0.2, 0) is 0 Å². The molecule has 2 aromatic carbocycles. The third-order valence-electron chi connectivity index (χ3n) is 6.46. The van der Waals surface area contributed by atoms with Gasteiger partial charge in [0, 0.05) is 34.0 Å². The first-order chi connectivity index (χ1) is 17.3. The van der Waals surface area contributed by atoms with E-state index in [4.69, 9.17) is 28.6 Å². The molecule has 1 aliphatic rings. The maximum absolute atomic E-state index is 6.16. The Kier molecular flexibility index (Phi) is 6.73. The van der Waals surface area contributed by atoms with Gasteiger partial charge in [0.1, 0.15) is 5.75 Å². The van der Waals surface area contributed by atoms with E-state index in [1.807, 2.05) is 68.6 Å². The molecule has 0 aliphatic carbocycles. The zero-order valence-electron chi connectivity index (χ0n) is 20.8. The minimum atomic E-state index is -0.107. The van der Waals surface area contributed by atoms with Gasteiger partial charge >= 0.3 is 0 Å². The number of nitrogens with one attached hydrogen (secondary N) is 1. The van der Waals surface area contributed by atoms with Crippen LogP contribution in [-0.4, -0.2) is 20.8 Å². The highest BCUT2D eigenvalue weighted by atomic mass is 35.5. The van der Waals surface area contributed by atoms with Crippen LogP contribution in [0.2, 0.25) is 5.02 Å². The van der Waals surface area contributed by atoms with Crippen LogP contribution < -0.4 is 15.0 Å². The number of pyridine rings is 1. The van der Waals surface area contributed by atoms with Crippen LogP contribution >= 0.6 is 23.8 Å². The standard InChI is InChI=1S/C29H29ClN4OS/c1-18(2)35-24-14-12-23(13-15-24)34-28(27(32-29(34)36)26-7-5-6-16-31-26)25-17-19(3)33(20(25)4)22-10-8-21(30)9-11-22/h5-18,27-28H,1-4H3,(H,32,36)/t27-,28+/m1/s1. The highest BCUT2D eigenvalue weighted by Gasteiger charge is 2.42. The van der Waals surface area contributed by atoms with Crippen molar-refractivity contribution in [2.45, 2.75) is 45.9 Å². The molecule has 0 saturated carbocycles. The number of aryl methyl sites for hydroxylation is 1. The summed E-state index contributed by atoms with van der Waals surface area (Å²) in [6.45, 7) is 8.34. The predicted octanol–water partition coefficient (Wildman–Crippen LogP) is 7.11. The fraction of sp³-hybridized carbons (Fsp3) is 0.241. The van der Waals surface area contributed by atoms with Crippen molar-refractivity contribution < 1.29 is 4.74 Å². The molecular weight excluding hydrogens is 488 g/mol. The SMILES string of the molecule is Cc1cc([C@H]2[C@@H](c3ccccn3)NC(=S)N2c2ccc(OC(C)C)cc2)c(C)n1-c1ccc(Cl)cc1. The molecule has 3 heterocycles. The lowest BCUT2D eigenvalue weighted by Crippen LogP contribution is -2.29. The molecule has 0 unspecified atom stereocenters. The summed E-state index contributed by atoms with van der Waals surface area (Å²) < 4.78 is 8.13. The molecule has 5 rings (SSSR count). The highest BCUT2D eigenvalue weighted by molar-refractivity contribution is 7.80. The van der Waals surface area contributed by atoms with Crippen LogP contribution in [0.15, 0.2) is 79.0 Å². The number of hydrogen-bond acceptors (Lipinski definition) is 3. The van der Waals surface area contributed by atoms with Gasteiger partial charge in [-0.3, -0.25) is 4.98 Å². The molecule has 0 bridgehead atoms. The van der Waals surface area contributed by atoms with E-state index in [2.05, 4.69) is 57.9 Å². The molecule has 7 heteroatoms. The number of ether oxygens (including phenoxy) is 1. The summed E-state index contributed by atoms with van der Waals surface area (Å²) in [6.07, 6.45) is 1.94. The third-order valence-corrected chi connectivity index (χ3v) is 7.03. The van der Waals surface area contributed by atoms with E-state index in [0.29, 0.717) is 5.11 Å². The Labute approximate surface area is 222 Å². The minimum Gasteiger partial charge on any atom is -0.491 e. The van der Waals surface area contributed by atoms with Gasteiger partial charge in [-0.2, -0.15) is 0 Å². The van der Waals surface area contributed by atoms with Crippen molar-refractivity contribution in [3.05, 3.63) is 107 Å². The molecule has 2 aromatic heterocycles. The maximum Gasteiger partial charge on any atom is 0.174 e. The number of rotatable bonds is 6. The molecule has 0 radical (unpaired) electrons. The Morgan fingerprint density at radius 2 is 1.67 bits per heavy atom. The summed E-state index contributed by atoms with van der Waals surface area (Å²) in [7, 11) is 0. The molecule has 1 fully saturated rings. The van der Waals surface area contributed by atoms with Gasteiger partial charge in [-0.1, -0.05) is 17.7 Å². The average Bonchev–Trinajstić information content (AvgIpc) is 3.35. The zero-order chi connectivity index (χ0) is 25.4. The van der Waals surface area contributed by atoms with Gasteiger partial charge in [0.25, 0.3) is 0 Å². The molecule has 184 valence electrons.